The number of nitrogens with zero attached hydrogens (tertiary/aromatic N) is 2. The van der Waals surface area contributed by atoms with Crippen LogP contribution in [-0.2, 0) is 10.2 Å². The van der Waals surface area contributed by atoms with Crippen molar-refractivity contribution >= 4 is 10.2 Å². The second-order valence-electron chi connectivity index (χ2n) is 6.38. The van der Waals surface area contributed by atoms with Crippen molar-refractivity contribution in [2.75, 3.05) is 27.2 Å². The predicted molar refractivity (Wildman–Crippen MR) is 79.0 cm³/mol. The standard InChI is InChI=1S/C13H29N3O2S/c1-13(2)8-6-12(7-9-13)16(4)19(17,18)15(3)11-5-10-14/h12H,5-11,14H2,1-4H3. The van der Waals surface area contributed by atoms with Gasteiger partial charge in [-0.15, -0.1) is 0 Å². The van der Waals surface area contributed by atoms with E-state index in [9.17, 15) is 8.42 Å². The van der Waals surface area contributed by atoms with Crippen molar-refractivity contribution in [1.29, 1.82) is 0 Å². The van der Waals surface area contributed by atoms with Gasteiger partial charge in [-0.3, -0.25) is 0 Å². The molecule has 0 bridgehead atoms. The minimum Gasteiger partial charge on any atom is -0.330 e. The van der Waals surface area contributed by atoms with E-state index in [1.165, 1.54) is 4.31 Å². The lowest BCUT2D eigenvalue weighted by Crippen LogP contribution is -2.47. The molecule has 0 saturated heterocycles. The van der Waals surface area contributed by atoms with Gasteiger partial charge in [0.15, 0.2) is 0 Å². The van der Waals surface area contributed by atoms with Gasteiger partial charge >= 0.3 is 0 Å². The lowest BCUT2D eigenvalue weighted by molar-refractivity contribution is 0.170. The van der Waals surface area contributed by atoms with Gasteiger partial charge in [0.05, 0.1) is 0 Å². The van der Waals surface area contributed by atoms with E-state index in [1.54, 1.807) is 18.4 Å². The minimum absolute atomic E-state index is 0.137. The summed E-state index contributed by atoms with van der Waals surface area (Å²) in [5.74, 6) is 0. The van der Waals surface area contributed by atoms with Crippen LogP contribution in [0.1, 0.15) is 46.0 Å². The number of rotatable bonds is 6. The zero-order chi connectivity index (χ0) is 14.7. The molecule has 0 radical (unpaired) electrons. The smallest absolute Gasteiger partial charge is 0.281 e. The molecule has 0 amide bonds. The van der Waals surface area contributed by atoms with E-state index in [1.807, 2.05) is 0 Å². The van der Waals surface area contributed by atoms with Crippen molar-refractivity contribution in [3.63, 3.8) is 0 Å². The Labute approximate surface area is 118 Å². The van der Waals surface area contributed by atoms with Gasteiger partial charge < -0.3 is 5.73 Å². The highest BCUT2D eigenvalue weighted by Crippen LogP contribution is 2.37. The summed E-state index contributed by atoms with van der Waals surface area (Å²) in [6.07, 6.45) is 4.77. The Morgan fingerprint density at radius 1 is 1.21 bits per heavy atom. The highest BCUT2D eigenvalue weighted by Gasteiger charge is 2.34. The average molecular weight is 291 g/mol. The monoisotopic (exact) mass is 291 g/mol. The molecule has 1 saturated carbocycles. The van der Waals surface area contributed by atoms with Gasteiger partial charge in [0.25, 0.3) is 10.2 Å². The lowest BCUT2D eigenvalue weighted by Gasteiger charge is -2.39. The molecule has 0 heterocycles. The molecule has 2 N–H and O–H groups in total. The zero-order valence-electron chi connectivity index (χ0n) is 12.7. The Morgan fingerprint density at radius 3 is 2.21 bits per heavy atom. The van der Waals surface area contributed by atoms with Crippen LogP contribution in [0.4, 0.5) is 0 Å². The third-order valence-electron chi connectivity index (χ3n) is 4.26. The van der Waals surface area contributed by atoms with Crippen LogP contribution in [0.5, 0.6) is 0 Å². The Morgan fingerprint density at radius 2 is 1.74 bits per heavy atom. The van der Waals surface area contributed by atoms with E-state index in [2.05, 4.69) is 13.8 Å². The first kappa shape index (κ1) is 16.9. The van der Waals surface area contributed by atoms with Gasteiger partial charge in [-0.1, -0.05) is 13.8 Å². The molecule has 1 aliphatic rings. The molecule has 0 spiro atoms. The van der Waals surface area contributed by atoms with E-state index < -0.39 is 10.2 Å². The summed E-state index contributed by atoms with van der Waals surface area (Å²) in [5, 5.41) is 0. The van der Waals surface area contributed by atoms with Crippen LogP contribution in [0.3, 0.4) is 0 Å². The van der Waals surface area contributed by atoms with Gasteiger partial charge in [-0.25, -0.2) is 0 Å². The maximum atomic E-state index is 12.4. The molecule has 5 nitrogen and oxygen atoms in total. The van der Waals surface area contributed by atoms with E-state index in [4.69, 9.17) is 5.73 Å². The maximum absolute atomic E-state index is 12.4. The third kappa shape index (κ3) is 4.41. The molecule has 0 aromatic heterocycles. The SMILES string of the molecule is CN(CCCN)S(=O)(=O)N(C)C1CCC(C)(C)CC1. The molecule has 114 valence electrons. The Bertz CT molecular complexity index is 371. The van der Waals surface area contributed by atoms with E-state index in [-0.39, 0.29) is 6.04 Å². The summed E-state index contributed by atoms with van der Waals surface area (Å²) in [6.45, 7) is 5.51. The molecular weight excluding hydrogens is 262 g/mol. The maximum Gasteiger partial charge on any atom is 0.281 e. The highest BCUT2D eigenvalue weighted by atomic mass is 32.2. The topological polar surface area (TPSA) is 66.6 Å². The number of nitrogens with two attached hydrogens (primary N) is 1. The highest BCUT2D eigenvalue weighted by molar-refractivity contribution is 7.86. The summed E-state index contributed by atoms with van der Waals surface area (Å²) >= 11 is 0. The molecule has 0 atom stereocenters. The Balaban J connectivity index is 2.63. The molecule has 0 aromatic carbocycles. The summed E-state index contributed by atoms with van der Waals surface area (Å²) in [7, 11) is 0.00179. The van der Waals surface area contributed by atoms with Crippen LogP contribution < -0.4 is 5.73 Å². The van der Waals surface area contributed by atoms with Crippen molar-refractivity contribution < 1.29 is 8.42 Å². The van der Waals surface area contributed by atoms with E-state index in [0.717, 1.165) is 25.7 Å². The normalized spacial score (nSPS) is 21.2. The molecule has 6 heteroatoms. The number of hydrogen-bond donors (Lipinski definition) is 1. The molecule has 1 fully saturated rings. The second kappa shape index (κ2) is 6.52. The molecular formula is C13H29N3O2S. The molecule has 0 aliphatic heterocycles. The van der Waals surface area contributed by atoms with Crippen LogP contribution in [0.15, 0.2) is 0 Å². The fourth-order valence-electron chi connectivity index (χ4n) is 2.59. The van der Waals surface area contributed by atoms with Crippen LogP contribution in [0.25, 0.3) is 0 Å². The molecule has 1 rings (SSSR count). The van der Waals surface area contributed by atoms with Gasteiger partial charge in [-0.05, 0) is 44.1 Å². The first-order valence-electron chi connectivity index (χ1n) is 7.10. The van der Waals surface area contributed by atoms with E-state index in [0.29, 0.717) is 24.9 Å². The van der Waals surface area contributed by atoms with Crippen LogP contribution in [0, 0.1) is 5.41 Å². The largest absolute Gasteiger partial charge is 0.330 e. The molecule has 0 aromatic rings. The van der Waals surface area contributed by atoms with Gasteiger partial charge in [0.1, 0.15) is 0 Å². The average Bonchev–Trinajstić information content (AvgIpc) is 2.35. The predicted octanol–water partition coefficient (Wildman–Crippen LogP) is 1.41. The summed E-state index contributed by atoms with van der Waals surface area (Å²) in [6, 6.07) is 0.137. The van der Waals surface area contributed by atoms with Crippen LogP contribution >= 0.6 is 0 Å². The summed E-state index contributed by atoms with van der Waals surface area (Å²) in [5.41, 5.74) is 5.79. The lowest BCUT2D eigenvalue weighted by atomic mass is 9.76. The Kier molecular flexibility index (Phi) is 5.79. The van der Waals surface area contributed by atoms with Crippen molar-refractivity contribution in [2.45, 2.75) is 52.0 Å². The number of hydrogen-bond acceptors (Lipinski definition) is 3. The quantitative estimate of drug-likeness (QED) is 0.804. The third-order valence-corrected chi connectivity index (χ3v) is 6.25. The van der Waals surface area contributed by atoms with Crippen LogP contribution in [0.2, 0.25) is 0 Å². The molecule has 1 aliphatic carbocycles. The first-order chi connectivity index (χ1) is 8.70. The van der Waals surface area contributed by atoms with Crippen LogP contribution in [-0.4, -0.2) is 50.3 Å². The van der Waals surface area contributed by atoms with Crippen molar-refractivity contribution in [1.82, 2.24) is 8.61 Å². The first-order valence-corrected chi connectivity index (χ1v) is 8.50. The Hall–Kier alpha value is -0.170. The fraction of sp³-hybridized carbons (Fsp3) is 1.00. The fourth-order valence-corrected chi connectivity index (χ4v) is 3.97. The minimum atomic E-state index is -3.34. The molecule has 19 heavy (non-hydrogen) atoms. The zero-order valence-corrected chi connectivity index (χ0v) is 13.5. The van der Waals surface area contributed by atoms with Crippen molar-refractivity contribution in [3.8, 4) is 0 Å². The van der Waals surface area contributed by atoms with Gasteiger partial charge in [0, 0.05) is 26.7 Å². The van der Waals surface area contributed by atoms with Crippen molar-refractivity contribution in [2.24, 2.45) is 11.1 Å². The summed E-state index contributed by atoms with van der Waals surface area (Å²) in [4.78, 5) is 0. The molecule has 0 unspecified atom stereocenters. The van der Waals surface area contributed by atoms with Gasteiger partial charge in [0.2, 0.25) is 0 Å². The van der Waals surface area contributed by atoms with E-state index >= 15 is 0 Å². The summed E-state index contributed by atoms with van der Waals surface area (Å²) < 4.78 is 27.8. The van der Waals surface area contributed by atoms with Gasteiger partial charge in [-0.2, -0.15) is 17.0 Å². The second-order valence-corrected chi connectivity index (χ2v) is 8.48. The van der Waals surface area contributed by atoms with Crippen molar-refractivity contribution in [3.05, 3.63) is 0 Å².